The van der Waals surface area contributed by atoms with Crippen molar-refractivity contribution in [3.63, 3.8) is 0 Å². The Morgan fingerprint density at radius 1 is 0.540 bits per heavy atom. The summed E-state index contributed by atoms with van der Waals surface area (Å²) >= 11 is 0. The maximum absolute atomic E-state index is 13.3. The molecule has 0 heterocycles. The molecule has 0 radical (unpaired) electrons. The summed E-state index contributed by atoms with van der Waals surface area (Å²) in [5, 5.41) is 5.79. The number of nitrogens with one attached hydrogen (secondary N) is 2. The molecule has 0 aromatic heterocycles. The highest BCUT2D eigenvalue weighted by molar-refractivity contribution is 5.85. The zero-order chi connectivity index (χ0) is 47.1. The average Bonchev–Trinajstić information content (AvgIpc) is 3.20. The molecule has 374 valence electrons. The van der Waals surface area contributed by atoms with Crippen LogP contribution in [0, 0.1) is 5.92 Å². The van der Waals surface area contributed by atoms with Gasteiger partial charge in [0.15, 0.2) is 0 Å². The van der Waals surface area contributed by atoms with Crippen molar-refractivity contribution in [1.82, 2.24) is 10.6 Å². The molecular formula is C54H107N3O6. The van der Waals surface area contributed by atoms with Crippen LogP contribution in [-0.4, -0.2) is 60.5 Å². The second-order valence-electron chi connectivity index (χ2n) is 21.0. The number of carbonyl (C=O) groups excluding carboxylic acids is 3. The van der Waals surface area contributed by atoms with Crippen LogP contribution >= 0.6 is 0 Å². The normalized spacial score (nSPS) is 14.0. The lowest BCUT2D eigenvalue weighted by Gasteiger charge is -2.37. The minimum absolute atomic E-state index is 0.0384. The molecule has 0 aromatic carbocycles. The fraction of sp³-hybridized carbons (Fsp3) is 0.944. The van der Waals surface area contributed by atoms with Gasteiger partial charge in [-0.1, -0.05) is 207 Å². The molecule has 0 fully saturated rings. The Bertz CT molecular complexity index is 1090. The number of hydrogen-bond acceptors (Lipinski definition) is 7. The summed E-state index contributed by atoms with van der Waals surface area (Å²) in [6, 6.07) is -0.951. The van der Waals surface area contributed by atoms with E-state index in [1.165, 1.54) is 161 Å². The molecule has 3 atom stereocenters. The number of unbranched alkanes of at least 4 members (excludes halogenated alkanes) is 29. The molecule has 3 unspecified atom stereocenters. The molecule has 0 saturated heterocycles. The van der Waals surface area contributed by atoms with Crippen molar-refractivity contribution in [2.24, 2.45) is 11.7 Å². The van der Waals surface area contributed by atoms with E-state index in [0.717, 1.165) is 38.5 Å². The zero-order valence-electron chi connectivity index (χ0n) is 43.3. The third kappa shape index (κ3) is 41.5. The molecule has 4 N–H and O–H groups in total. The first-order valence-electron chi connectivity index (χ1n) is 26.9. The Hall–Kier alpha value is -1.71. The second kappa shape index (κ2) is 39.5. The topological polar surface area (TPSA) is 129 Å². The van der Waals surface area contributed by atoms with Crippen molar-refractivity contribution in [2.75, 3.05) is 19.8 Å². The monoisotopic (exact) mass is 894 g/mol. The summed E-state index contributed by atoms with van der Waals surface area (Å²) in [5.41, 5.74) is 4.73. The summed E-state index contributed by atoms with van der Waals surface area (Å²) in [5.74, 6) is -1.42. The molecule has 0 saturated carbocycles. The van der Waals surface area contributed by atoms with Gasteiger partial charge in [0.05, 0.1) is 17.8 Å². The zero-order valence-corrected chi connectivity index (χ0v) is 43.3. The number of hydrogen-bond donors (Lipinski definition) is 3. The van der Waals surface area contributed by atoms with Crippen LogP contribution in [0.5, 0.6) is 0 Å². The number of rotatable bonds is 45. The molecular weight excluding hydrogens is 787 g/mol. The molecule has 0 aliphatic heterocycles. The molecule has 0 aromatic rings. The Labute approximate surface area is 390 Å². The first-order chi connectivity index (χ1) is 30.0. The van der Waals surface area contributed by atoms with Gasteiger partial charge in [-0.05, 0) is 60.8 Å². The standard InChI is InChI=1S/C54H107N3O6/c1-10-12-14-16-18-20-22-24-26-28-30-32-34-36-38-40-43-61-51(60)48(57-49(58)41-39-37-35-33-31-29-27-25-23-21-19-17-15-13-11-2)46-56-50(59)47(3)45-54(9,55)63-53(7,8)42-44-62-52(4,5)6/h47-48H,10-46,55H2,1-9H3,(H,56,59)(H,57,58). The minimum atomic E-state index is -1.06. The maximum Gasteiger partial charge on any atom is 0.330 e. The largest absolute Gasteiger partial charge is 0.464 e. The maximum atomic E-state index is 13.3. The summed E-state index contributed by atoms with van der Waals surface area (Å²) < 4.78 is 17.9. The fourth-order valence-electron chi connectivity index (χ4n) is 8.44. The van der Waals surface area contributed by atoms with Crippen LogP contribution in [0.1, 0.15) is 281 Å². The number of carbonyl (C=O) groups is 3. The van der Waals surface area contributed by atoms with Crippen molar-refractivity contribution < 1.29 is 28.6 Å². The molecule has 0 aliphatic rings. The van der Waals surface area contributed by atoms with E-state index in [4.69, 9.17) is 19.9 Å². The van der Waals surface area contributed by atoms with Crippen molar-refractivity contribution in [3.8, 4) is 0 Å². The number of ether oxygens (including phenoxy) is 3. The molecule has 9 nitrogen and oxygen atoms in total. The minimum Gasteiger partial charge on any atom is -0.464 e. The van der Waals surface area contributed by atoms with Crippen LogP contribution in [0.4, 0.5) is 0 Å². The van der Waals surface area contributed by atoms with Crippen LogP contribution < -0.4 is 16.4 Å². The Morgan fingerprint density at radius 2 is 0.921 bits per heavy atom. The van der Waals surface area contributed by atoms with Crippen molar-refractivity contribution in [2.45, 2.75) is 304 Å². The number of esters is 1. The van der Waals surface area contributed by atoms with Crippen LogP contribution in [0.2, 0.25) is 0 Å². The predicted octanol–water partition coefficient (Wildman–Crippen LogP) is 14.4. The number of nitrogens with two attached hydrogens (primary N) is 1. The van der Waals surface area contributed by atoms with E-state index in [1.54, 1.807) is 13.8 Å². The Balaban J connectivity index is 4.75. The lowest BCUT2D eigenvalue weighted by atomic mass is 9.97. The van der Waals surface area contributed by atoms with E-state index >= 15 is 0 Å². The van der Waals surface area contributed by atoms with Gasteiger partial charge in [-0.2, -0.15) is 0 Å². The van der Waals surface area contributed by atoms with Crippen molar-refractivity contribution in [1.29, 1.82) is 0 Å². The van der Waals surface area contributed by atoms with Crippen molar-refractivity contribution >= 4 is 17.8 Å². The van der Waals surface area contributed by atoms with Crippen LogP contribution in [0.15, 0.2) is 0 Å². The van der Waals surface area contributed by atoms with Gasteiger partial charge >= 0.3 is 5.97 Å². The van der Waals surface area contributed by atoms with Gasteiger partial charge in [0, 0.05) is 31.9 Å². The van der Waals surface area contributed by atoms with E-state index in [9.17, 15) is 14.4 Å². The Kier molecular flexibility index (Phi) is 38.4. The van der Waals surface area contributed by atoms with Crippen LogP contribution in [-0.2, 0) is 28.6 Å². The third-order valence-corrected chi connectivity index (χ3v) is 12.3. The van der Waals surface area contributed by atoms with E-state index in [-0.39, 0.29) is 30.4 Å². The number of amides is 2. The fourth-order valence-corrected chi connectivity index (χ4v) is 8.44. The van der Waals surface area contributed by atoms with Gasteiger partial charge in [-0.25, -0.2) is 4.79 Å². The molecule has 0 bridgehead atoms. The lowest BCUT2D eigenvalue weighted by molar-refractivity contribution is -0.156. The lowest BCUT2D eigenvalue weighted by Crippen LogP contribution is -2.52. The van der Waals surface area contributed by atoms with E-state index in [0.29, 0.717) is 26.1 Å². The summed E-state index contributed by atoms with van der Waals surface area (Å²) in [6.07, 6.45) is 40.7. The molecule has 2 amide bonds. The van der Waals surface area contributed by atoms with Gasteiger partial charge in [-0.15, -0.1) is 0 Å². The third-order valence-electron chi connectivity index (χ3n) is 12.3. The molecule has 63 heavy (non-hydrogen) atoms. The molecule has 0 spiro atoms. The Morgan fingerprint density at radius 3 is 1.32 bits per heavy atom. The van der Waals surface area contributed by atoms with Gasteiger partial charge in [-0.3, -0.25) is 9.59 Å². The molecule has 0 rings (SSSR count). The second-order valence-corrected chi connectivity index (χ2v) is 21.0. The molecule has 0 aliphatic carbocycles. The van der Waals surface area contributed by atoms with E-state index in [1.807, 2.05) is 34.6 Å². The van der Waals surface area contributed by atoms with Gasteiger partial charge in [0.25, 0.3) is 0 Å². The van der Waals surface area contributed by atoms with E-state index < -0.39 is 29.3 Å². The SMILES string of the molecule is CCCCCCCCCCCCCCCCCCOC(=O)C(CNC(=O)C(C)CC(C)(N)OC(C)(C)CCOC(C)(C)C)NC(=O)CCCCCCCCCCCCCCCCC. The van der Waals surface area contributed by atoms with Gasteiger partial charge in [0.1, 0.15) is 11.8 Å². The predicted molar refractivity (Wildman–Crippen MR) is 267 cm³/mol. The van der Waals surface area contributed by atoms with Gasteiger partial charge in [0.2, 0.25) is 11.8 Å². The van der Waals surface area contributed by atoms with Crippen LogP contribution in [0.25, 0.3) is 0 Å². The molecule has 9 heteroatoms. The highest BCUT2D eigenvalue weighted by atomic mass is 16.5. The summed E-state index contributed by atoms with van der Waals surface area (Å²) in [7, 11) is 0. The first kappa shape index (κ1) is 61.3. The average molecular weight is 894 g/mol. The quantitative estimate of drug-likeness (QED) is 0.0315. The summed E-state index contributed by atoms with van der Waals surface area (Å²) in [4.78, 5) is 39.7. The highest BCUT2D eigenvalue weighted by Crippen LogP contribution is 2.26. The summed E-state index contributed by atoms with van der Waals surface area (Å²) in [6.45, 7) is 19.0. The van der Waals surface area contributed by atoms with E-state index in [2.05, 4.69) is 24.5 Å². The first-order valence-corrected chi connectivity index (χ1v) is 26.9. The smallest absolute Gasteiger partial charge is 0.330 e. The van der Waals surface area contributed by atoms with Gasteiger partial charge < -0.3 is 30.6 Å². The highest BCUT2D eigenvalue weighted by Gasteiger charge is 2.33. The van der Waals surface area contributed by atoms with Crippen LogP contribution in [0.3, 0.4) is 0 Å². The van der Waals surface area contributed by atoms with Crippen molar-refractivity contribution in [3.05, 3.63) is 0 Å².